The lowest BCUT2D eigenvalue weighted by atomic mass is 10.0. The van der Waals surface area contributed by atoms with Gasteiger partial charge in [-0.15, -0.1) is 11.3 Å². The molecular formula is C12H9NS. The van der Waals surface area contributed by atoms with E-state index in [1.165, 1.54) is 16.0 Å². The van der Waals surface area contributed by atoms with E-state index in [0.717, 1.165) is 5.56 Å². The van der Waals surface area contributed by atoms with Crippen LogP contribution in [0.4, 0.5) is 0 Å². The van der Waals surface area contributed by atoms with Crippen LogP contribution in [0.25, 0.3) is 10.4 Å². The van der Waals surface area contributed by atoms with Crippen molar-refractivity contribution in [3.8, 4) is 16.5 Å². The maximum atomic E-state index is 8.80. The zero-order valence-corrected chi connectivity index (χ0v) is 8.64. The molecule has 1 heterocycles. The monoisotopic (exact) mass is 199 g/mol. The molecule has 1 aromatic heterocycles. The molecule has 2 aromatic rings. The van der Waals surface area contributed by atoms with Crippen LogP contribution in [0.1, 0.15) is 11.1 Å². The molecule has 1 aromatic carbocycles. The number of aryl methyl sites for hydroxylation is 1. The summed E-state index contributed by atoms with van der Waals surface area (Å²) in [6.07, 6.45) is 0. The van der Waals surface area contributed by atoms with Crippen LogP contribution in [0.3, 0.4) is 0 Å². The topological polar surface area (TPSA) is 23.8 Å². The summed E-state index contributed by atoms with van der Waals surface area (Å²) in [6.45, 7) is 2.07. The van der Waals surface area contributed by atoms with E-state index in [4.69, 9.17) is 5.26 Å². The highest BCUT2D eigenvalue weighted by Gasteiger charge is 2.03. The maximum Gasteiger partial charge on any atom is 0.0991 e. The van der Waals surface area contributed by atoms with Crippen molar-refractivity contribution in [3.05, 3.63) is 46.8 Å². The Morgan fingerprint density at radius 1 is 1.29 bits per heavy atom. The molecule has 0 aliphatic carbocycles. The fourth-order valence-electron chi connectivity index (χ4n) is 1.39. The molecule has 0 spiro atoms. The molecule has 0 fully saturated rings. The summed E-state index contributed by atoms with van der Waals surface area (Å²) >= 11 is 1.70. The maximum absolute atomic E-state index is 8.80. The summed E-state index contributed by atoms with van der Waals surface area (Å²) in [6, 6.07) is 12.1. The Morgan fingerprint density at radius 3 is 2.79 bits per heavy atom. The van der Waals surface area contributed by atoms with Gasteiger partial charge in [0.05, 0.1) is 11.6 Å². The average Bonchev–Trinajstić information content (AvgIpc) is 2.71. The molecule has 2 heteroatoms. The van der Waals surface area contributed by atoms with E-state index >= 15 is 0 Å². The molecule has 68 valence electrons. The molecule has 0 unspecified atom stereocenters. The number of rotatable bonds is 1. The van der Waals surface area contributed by atoms with Gasteiger partial charge >= 0.3 is 0 Å². The highest BCUT2D eigenvalue weighted by Crippen LogP contribution is 2.28. The van der Waals surface area contributed by atoms with E-state index in [9.17, 15) is 0 Å². The summed E-state index contributed by atoms with van der Waals surface area (Å²) in [5, 5.41) is 10.9. The van der Waals surface area contributed by atoms with Gasteiger partial charge in [0, 0.05) is 4.88 Å². The molecular weight excluding hydrogens is 190 g/mol. The van der Waals surface area contributed by atoms with Gasteiger partial charge in [0.1, 0.15) is 0 Å². The minimum atomic E-state index is 0.721. The first-order chi connectivity index (χ1) is 6.81. The lowest BCUT2D eigenvalue weighted by Crippen LogP contribution is -1.82. The Kier molecular flexibility index (Phi) is 2.34. The fraction of sp³-hybridized carbons (Fsp3) is 0.0833. The summed E-state index contributed by atoms with van der Waals surface area (Å²) in [4.78, 5) is 1.22. The SMILES string of the molecule is Cc1ccc(C#N)cc1-c1cccs1. The lowest BCUT2D eigenvalue weighted by Gasteiger charge is -2.02. The third kappa shape index (κ3) is 1.55. The molecule has 1 nitrogen and oxygen atoms in total. The molecule has 0 N–H and O–H groups in total. The zero-order chi connectivity index (χ0) is 9.97. The first-order valence-electron chi connectivity index (χ1n) is 4.36. The van der Waals surface area contributed by atoms with Crippen LogP contribution in [0.2, 0.25) is 0 Å². The predicted molar refractivity (Wildman–Crippen MR) is 59.2 cm³/mol. The first kappa shape index (κ1) is 8.98. The van der Waals surface area contributed by atoms with Gasteiger partial charge in [0.25, 0.3) is 0 Å². The van der Waals surface area contributed by atoms with Crippen LogP contribution in [0, 0.1) is 18.3 Å². The second kappa shape index (κ2) is 3.65. The Bertz CT molecular complexity index is 478. The van der Waals surface area contributed by atoms with Crippen molar-refractivity contribution in [2.45, 2.75) is 6.92 Å². The number of hydrogen-bond acceptors (Lipinski definition) is 2. The summed E-state index contributed by atoms with van der Waals surface area (Å²) in [5.74, 6) is 0. The van der Waals surface area contributed by atoms with E-state index < -0.39 is 0 Å². The largest absolute Gasteiger partial charge is 0.192 e. The van der Waals surface area contributed by atoms with E-state index in [1.54, 1.807) is 11.3 Å². The van der Waals surface area contributed by atoms with Gasteiger partial charge in [-0.25, -0.2) is 0 Å². The number of hydrogen-bond donors (Lipinski definition) is 0. The minimum absolute atomic E-state index is 0.721. The third-order valence-electron chi connectivity index (χ3n) is 2.15. The Morgan fingerprint density at radius 2 is 2.14 bits per heavy atom. The summed E-state index contributed by atoms with van der Waals surface area (Å²) < 4.78 is 0. The highest BCUT2D eigenvalue weighted by molar-refractivity contribution is 7.13. The summed E-state index contributed by atoms with van der Waals surface area (Å²) in [5.41, 5.74) is 3.10. The molecule has 0 saturated heterocycles. The summed E-state index contributed by atoms with van der Waals surface area (Å²) in [7, 11) is 0. The number of nitriles is 1. The molecule has 0 amide bonds. The number of thiophene rings is 1. The molecule has 0 aliphatic rings. The van der Waals surface area contributed by atoms with Crippen molar-refractivity contribution in [1.29, 1.82) is 5.26 Å². The minimum Gasteiger partial charge on any atom is -0.192 e. The van der Waals surface area contributed by atoms with E-state index in [2.05, 4.69) is 19.1 Å². The average molecular weight is 199 g/mol. The zero-order valence-electron chi connectivity index (χ0n) is 7.82. The smallest absolute Gasteiger partial charge is 0.0991 e. The first-order valence-corrected chi connectivity index (χ1v) is 5.24. The van der Waals surface area contributed by atoms with Crippen LogP contribution < -0.4 is 0 Å². The molecule has 0 atom stereocenters. The fourth-order valence-corrected chi connectivity index (χ4v) is 2.20. The van der Waals surface area contributed by atoms with Crippen LogP contribution in [0.5, 0.6) is 0 Å². The highest BCUT2D eigenvalue weighted by atomic mass is 32.1. The molecule has 0 saturated carbocycles. The van der Waals surface area contributed by atoms with Crippen LogP contribution in [0.15, 0.2) is 35.7 Å². The van der Waals surface area contributed by atoms with Gasteiger partial charge in [-0.3, -0.25) is 0 Å². The number of benzene rings is 1. The van der Waals surface area contributed by atoms with Gasteiger partial charge < -0.3 is 0 Å². The number of nitrogens with zero attached hydrogens (tertiary/aromatic N) is 1. The molecule has 0 bridgehead atoms. The third-order valence-corrected chi connectivity index (χ3v) is 3.06. The molecule has 2 rings (SSSR count). The van der Waals surface area contributed by atoms with Gasteiger partial charge in [0.2, 0.25) is 0 Å². The molecule has 14 heavy (non-hydrogen) atoms. The van der Waals surface area contributed by atoms with Crippen molar-refractivity contribution in [2.75, 3.05) is 0 Å². The van der Waals surface area contributed by atoms with E-state index in [-0.39, 0.29) is 0 Å². The second-order valence-electron chi connectivity index (χ2n) is 3.12. The predicted octanol–water partition coefficient (Wildman–Crippen LogP) is 3.60. The second-order valence-corrected chi connectivity index (χ2v) is 4.07. The van der Waals surface area contributed by atoms with Gasteiger partial charge in [-0.05, 0) is 41.6 Å². The van der Waals surface area contributed by atoms with Gasteiger partial charge in [-0.1, -0.05) is 12.1 Å². The van der Waals surface area contributed by atoms with Crippen LogP contribution >= 0.6 is 11.3 Å². The lowest BCUT2D eigenvalue weighted by molar-refractivity contribution is 1.43. The van der Waals surface area contributed by atoms with E-state index in [1.807, 2.05) is 29.6 Å². The molecule has 0 radical (unpaired) electrons. The Labute approximate surface area is 87.3 Å². The normalized spacial score (nSPS) is 9.71. The van der Waals surface area contributed by atoms with Crippen LogP contribution in [-0.2, 0) is 0 Å². The van der Waals surface area contributed by atoms with Crippen molar-refractivity contribution >= 4 is 11.3 Å². The van der Waals surface area contributed by atoms with Crippen molar-refractivity contribution in [2.24, 2.45) is 0 Å². The van der Waals surface area contributed by atoms with Crippen molar-refractivity contribution in [3.63, 3.8) is 0 Å². The molecule has 0 aliphatic heterocycles. The van der Waals surface area contributed by atoms with Crippen molar-refractivity contribution in [1.82, 2.24) is 0 Å². The van der Waals surface area contributed by atoms with Gasteiger partial charge in [-0.2, -0.15) is 5.26 Å². The van der Waals surface area contributed by atoms with E-state index in [0.29, 0.717) is 0 Å². The van der Waals surface area contributed by atoms with Gasteiger partial charge in [0.15, 0.2) is 0 Å². The van der Waals surface area contributed by atoms with Crippen LogP contribution in [-0.4, -0.2) is 0 Å². The van der Waals surface area contributed by atoms with Crippen molar-refractivity contribution < 1.29 is 0 Å². The quantitative estimate of drug-likeness (QED) is 0.688. The standard InChI is InChI=1S/C12H9NS/c1-9-4-5-10(8-13)7-11(9)12-3-2-6-14-12/h2-7H,1H3. The Balaban J connectivity index is 2.58. The Hall–Kier alpha value is -1.59.